The van der Waals surface area contributed by atoms with E-state index in [9.17, 15) is 0 Å². The number of nitrogens with zero attached hydrogens (tertiary/aromatic N) is 1. The van der Waals surface area contributed by atoms with Crippen molar-refractivity contribution < 1.29 is 9.84 Å². The summed E-state index contributed by atoms with van der Waals surface area (Å²) in [6.45, 7) is 0. The number of rotatable bonds is 3. The summed E-state index contributed by atoms with van der Waals surface area (Å²) in [6, 6.07) is 14.5. The largest absolute Gasteiger partial charge is 0.508 e. The van der Waals surface area contributed by atoms with Crippen molar-refractivity contribution >= 4 is 5.69 Å². The zero-order chi connectivity index (χ0) is 12.3. The van der Waals surface area contributed by atoms with Crippen molar-refractivity contribution in [1.29, 1.82) is 0 Å². The molecule has 2 aromatic rings. The van der Waals surface area contributed by atoms with Gasteiger partial charge in [-0.05, 0) is 48.5 Å². The molecule has 17 heavy (non-hydrogen) atoms. The third-order valence-electron chi connectivity index (χ3n) is 2.43. The quantitative estimate of drug-likeness (QED) is 0.876. The summed E-state index contributed by atoms with van der Waals surface area (Å²) >= 11 is 0. The SMILES string of the molecule is CN(C)c1ccc(Oc2ccc(O)cc2)cc1. The van der Waals surface area contributed by atoms with Crippen LogP contribution in [0.1, 0.15) is 0 Å². The molecular formula is C14H15NO2. The number of ether oxygens (including phenoxy) is 1. The van der Waals surface area contributed by atoms with E-state index >= 15 is 0 Å². The lowest BCUT2D eigenvalue weighted by atomic mass is 10.3. The van der Waals surface area contributed by atoms with Crippen molar-refractivity contribution in [3.63, 3.8) is 0 Å². The molecule has 0 saturated heterocycles. The summed E-state index contributed by atoms with van der Waals surface area (Å²) in [7, 11) is 3.99. The van der Waals surface area contributed by atoms with Crippen molar-refractivity contribution in [2.24, 2.45) is 0 Å². The highest BCUT2D eigenvalue weighted by Gasteiger charge is 1.99. The molecule has 0 fully saturated rings. The molecule has 2 rings (SSSR count). The van der Waals surface area contributed by atoms with Gasteiger partial charge in [-0.15, -0.1) is 0 Å². The van der Waals surface area contributed by atoms with Crippen molar-refractivity contribution in [3.05, 3.63) is 48.5 Å². The number of phenolic OH excluding ortho intramolecular Hbond substituents is 1. The van der Waals surface area contributed by atoms with Crippen LogP contribution in [0.15, 0.2) is 48.5 Å². The molecule has 3 heteroatoms. The van der Waals surface area contributed by atoms with Crippen molar-refractivity contribution in [2.75, 3.05) is 19.0 Å². The van der Waals surface area contributed by atoms with Crippen LogP contribution in [-0.4, -0.2) is 19.2 Å². The van der Waals surface area contributed by atoms with Gasteiger partial charge >= 0.3 is 0 Å². The van der Waals surface area contributed by atoms with Gasteiger partial charge in [0.25, 0.3) is 0 Å². The Kier molecular flexibility index (Phi) is 3.19. The molecule has 0 aliphatic carbocycles. The van der Waals surface area contributed by atoms with Gasteiger partial charge < -0.3 is 14.7 Å². The molecule has 0 spiro atoms. The van der Waals surface area contributed by atoms with Gasteiger partial charge in [-0.25, -0.2) is 0 Å². The van der Waals surface area contributed by atoms with E-state index in [0.29, 0.717) is 5.75 Å². The number of benzene rings is 2. The summed E-state index contributed by atoms with van der Waals surface area (Å²) in [5, 5.41) is 9.16. The highest BCUT2D eigenvalue weighted by atomic mass is 16.5. The topological polar surface area (TPSA) is 32.7 Å². The minimum absolute atomic E-state index is 0.236. The van der Waals surface area contributed by atoms with Crippen LogP contribution in [0.5, 0.6) is 17.2 Å². The lowest BCUT2D eigenvalue weighted by molar-refractivity contribution is 0.464. The first-order chi connectivity index (χ1) is 8.15. The first kappa shape index (κ1) is 11.3. The zero-order valence-electron chi connectivity index (χ0n) is 9.92. The Balaban J connectivity index is 2.11. The van der Waals surface area contributed by atoms with Gasteiger partial charge in [0, 0.05) is 19.8 Å². The van der Waals surface area contributed by atoms with E-state index in [2.05, 4.69) is 0 Å². The van der Waals surface area contributed by atoms with Crippen LogP contribution < -0.4 is 9.64 Å². The summed E-state index contributed by atoms with van der Waals surface area (Å²) < 4.78 is 5.64. The van der Waals surface area contributed by atoms with Crippen LogP contribution in [0.2, 0.25) is 0 Å². The van der Waals surface area contributed by atoms with Gasteiger partial charge in [0.15, 0.2) is 0 Å². The smallest absolute Gasteiger partial charge is 0.127 e. The van der Waals surface area contributed by atoms with E-state index < -0.39 is 0 Å². The second-order valence-electron chi connectivity index (χ2n) is 3.98. The summed E-state index contributed by atoms with van der Waals surface area (Å²) in [4.78, 5) is 2.03. The van der Waals surface area contributed by atoms with E-state index in [-0.39, 0.29) is 5.75 Å². The molecule has 0 heterocycles. The Morgan fingerprint density at radius 2 is 1.29 bits per heavy atom. The standard InChI is InChI=1S/C14H15NO2/c1-15(2)11-3-7-13(8-4-11)17-14-9-5-12(16)6-10-14/h3-10,16H,1-2H3. The maximum absolute atomic E-state index is 9.16. The van der Waals surface area contributed by atoms with E-state index in [0.717, 1.165) is 11.4 Å². The Morgan fingerprint density at radius 3 is 1.76 bits per heavy atom. The number of hydrogen-bond acceptors (Lipinski definition) is 3. The maximum Gasteiger partial charge on any atom is 0.127 e. The van der Waals surface area contributed by atoms with Crippen LogP contribution in [0, 0.1) is 0 Å². The highest BCUT2D eigenvalue weighted by Crippen LogP contribution is 2.25. The first-order valence-corrected chi connectivity index (χ1v) is 5.39. The molecule has 0 atom stereocenters. The van der Waals surface area contributed by atoms with Gasteiger partial charge in [-0.3, -0.25) is 0 Å². The molecule has 0 saturated carbocycles. The second-order valence-corrected chi connectivity index (χ2v) is 3.98. The van der Waals surface area contributed by atoms with Crippen molar-refractivity contribution in [1.82, 2.24) is 0 Å². The molecular weight excluding hydrogens is 214 g/mol. The molecule has 2 aromatic carbocycles. The Bertz CT molecular complexity index is 475. The predicted octanol–water partition coefficient (Wildman–Crippen LogP) is 3.25. The Hall–Kier alpha value is -2.16. The molecule has 0 amide bonds. The lowest BCUT2D eigenvalue weighted by Crippen LogP contribution is -2.07. The maximum atomic E-state index is 9.16. The van der Waals surface area contributed by atoms with Crippen molar-refractivity contribution in [2.45, 2.75) is 0 Å². The van der Waals surface area contributed by atoms with Gasteiger partial charge in [0.05, 0.1) is 0 Å². The molecule has 0 unspecified atom stereocenters. The van der Waals surface area contributed by atoms with Gasteiger partial charge in [0.1, 0.15) is 17.2 Å². The Morgan fingerprint density at radius 1 is 0.824 bits per heavy atom. The zero-order valence-corrected chi connectivity index (χ0v) is 9.92. The monoisotopic (exact) mass is 229 g/mol. The summed E-state index contributed by atoms with van der Waals surface area (Å²) in [5.74, 6) is 1.72. The normalized spacial score (nSPS) is 10.0. The third kappa shape index (κ3) is 2.91. The van der Waals surface area contributed by atoms with E-state index in [1.54, 1.807) is 24.3 Å². The molecule has 3 nitrogen and oxygen atoms in total. The fraction of sp³-hybridized carbons (Fsp3) is 0.143. The van der Waals surface area contributed by atoms with Crippen molar-refractivity contribution in [3.8, 4) is 17.2 Å². The summed E-state index contributed by atoms with van der Waals surface area (Å²) in [6.07, 6.45) is 0. The van der Waals surface area contributed by atoms with Gasteiger partial charge in [0.2, 0.25) is 0 Å². The molecule has 88 valence electrons. The van der Waals surface area contributed by atoms with Crippen LogP contribution >= 0.6 is 0 Å². The number of phenols is 1. The number of hydrogen-bond donors (Lipinski definition) is 1. The minimum atomic E-state index is 0.236. The number of aromatic hydroxyl groups is 1. The first-order valence-electron chi connectivity index (χ1n) is 5.39. The summed E-state index contributed by atoms with van der Waals surface area (Å²) in [5.41, 5.74) is 1.13. The van der Waals surface area contributed by atoms with Crippen LogP contribution in [0.3, 0.4) is 0 Å². The third-order valence-corrected chi connectivity index (χ3v) is 2.43. The minimum Gasteiger partial charge on any atom is -0.508 e. The second kappa shape index (κ2) is 4.78. The van der Waals surface area contributed by atoms with Gasteiger partial charge in [-0.1, -0.05) is 0 Å². The average Bonchev–Trinajstić information content (AvgIpc) is 2.33. The fourth-order valence-corrected chi connectivity index (χ4v) is 1.46. The molecule has 0 aliphatic heterocycles. The lowest BCUT2D eigenvalue weighted by Gasteiger charge is -2.13. The van der Waals surface area contributed by atoms with E-state index in [1.165, 1.54) is 0 Å². The Labute approximate surface area is 101 Å². The van der Waals surface area contributed by atoms with Crippen LogP contribution in [0.4, 0.5) is 5.69 Å². The molecule has 0 aliphatic rings. The van der Waals surface area contributed by atoms with E-state index in [1.807, 2.05) is 43.3 Å². The van der Waals surface area contributed by atoms with Gasteiger partial charge in [-0.2, -0.15) is 0 Å². The van der Waals surface area contributed by atoms with E-state index in [4.69, 9.17) is 9.84 Å². The van der Waals surface area contributed by atoms with Crippen LogP contribution in [-0.2, 0) is 0 Å². The highest BCUT2D eigenvalue weighted by molar-refractivity contribution is 5.48. The van der Waals surface area contributed by atoms with Crippen LogP contribution in [0.25, 0.3) is 0 Å². The molecule has 0 radical (unpaired) electrons. The predicted molar refractivity (Wildman–Crippen MR) is 68.9 cm³/mol. The fourth-order valence-electron chi connectivity index (χ4n) is 1.46. The average molecular weight is 229 g/mol. The number of anilines is 1. The molecule has 0 bridgehead atoms. The molecule has 1 N–H and O–H groups in total. The molecule has 0 aromatic heterocycles.